The maximum absolute atomic E-state index is 12.7. The standard InChI is InChI=1S/C22H30N2O7S/c1-7-18(31-17-10-8-16(9-11-17)24(2)32(6,26)27)22(25)23-14-15-12-19(28-3)21(30-5)20(13-15)29-4/h8-13,18H,7,14H2,1-6H3,(H,23,25)/t18-/m1/s1. The lowest BCUT2D eigenvalue weighted by Gasteiger charge is -2.20. The summed E-state index contributed by atoms with van der Waals surface area (Å²) in [5.74, 6) is 1.66. The van der Waals surface area contributed by atoms with Crippen molar-refractivity contribution in [3.63, 3.8) is 0 Å². The molecule has 9 nitrogen and oxygen atoms in total. The van der Waals surface area contributed by atoms with E-state index < -0.39 is 16.1 Å². The molecule has 0 aliphatic carbocycles. The highest BCUT2D eigenvalue weighted by Crippen LogP contribution is 2.38. The van der Waals surface area contributed by atoms with Crippen molar-refractivity contribution in [1.82, 2.24) is 5.32 Å². The van der Waals surface area contributed by atoms with Crippen molar-refractivity contribution in [1.29, 1.82) is 0 Å². The summed E-state index contributed by atoms with van der Waals surface area (Å²) in [5, 5.41) is 2.86. The predicted molar refractivity (Wildman–Crippen MR) is 122 cm³/mol. The Hall–Kier alpha value is -3.14. The first-order valence-corrected chi connectivity index (χ1v) is 11.8. The Morgan fingerprint density at radius 1 is 1.03 bits per heavy atom. The molecule has 2 aromatic carbocycles. The maximum atomic E-state index is 12.7. The number of hydrogen-bond donors (Lipinski definition) is 1. The molecule has 2 rings (SSSR count). The highest BCUT2D eigenvalue weighted by molar-refractivity contribution is 7.92. The van der Waals surface area contributed by atoms with E-state index >= 15 is 0 Å². The minimum atomic E-state index is -3.36. The molecule has 0 heterocycles. The van der Waals surface area contributed by atoms with Crippen molar-refractivity contribution in [2.24, 2.45) is 0 Å². The van der Waals surface area contributed by atoms with Gasteiger partial charge in [-0.25, -0.2) is 8.42 Å². The molecular formula is C22H30N2O7S. The van der Waals surface area contributed by atoms with Crippen LogP contribution in [0.15, 0.2) is 36.4 Å². The van der Waals surface area contributed by atoms with Crippen molar-refractivity contribution in [2.45, 2.75) is 26.0 Å². The van der Waals surface area contributed by atoms with Crippen molar-refractivity contribution >= 4 is 21.6 Å². The largest absolute Gasteiger partial charge is 0.493 e. The molecule has 32 heavy (non-hydrogen) atoms. The van der Waals surface area contributed by atoms with Crippen LogP contribution in [0.1, 0.15) is 18.9 Å². The van der Waals surface area contributed by atoms with E-state index in [0.717, 1.165) is 16.1 Å². The average Bonchev–Trinajstić information content (AvgIpc) is 2.79. The number of anilines is 1. The van der Waals surface area contributed by atoms with E-state index in [0.29, 0.717) is 35.1 Å². The van der Waals surface area contributed by atoms with Crippen molar-refractivity contribution in [3.8, 4) is 23.0 Å². The number of ether oxygens (including phenoxy) is 4. The van der Waals surface area contributed by atoms with E-state index in [1.807, 2.05) is 6.92 Å². The lowest BCUT2D eigenvalue weighted by molar-refractivity contribution is -0.128. The van der Waals surface area contributed by atoms with Crippen LogP contribution < -0.4 is 28.6 Å². The van der Waals surface area contributed by atoms with Crippen molar-refractivity contribution in [3.05, 3.63) is 42.0 Å². The second-order valence-corrected chi connectivity index (χ2v) is 9.00. The molecule has 0 aliphatic heterocycles. The van der Waals surface area contributed by atoms with E-state index in [1.54, 1.807) is 36.4 Å². The van der Waals surface area contributed by atoms with Gasteiger partial charge in [-0.1, -0.05) is 6.92 Å². The van der Waals surface area contributed by atoms with Crippen LogP contribution in [-0.2, 0) is 21.4 Å². The number of sulfonamides is 1. The third-order valence-corrected chi connectivity index (χ3v) is 6.04. The first-order chi connectivity index (χ1) is 15.1. The first-order valence-electron chi connectivity index (χ1n) is 9.91. The lowest BCUT2D eigenvalue weighted by atomic mass is 10.1. The van der Waals surface area contributed by atoms with Gasteiger partial charge in [-0.2, -0.15) is 0 Å². The molecule has 0 aromatic heterocycles. The fraction of sp³-hybridized carbons (Fsp3) is 0.409. The summed E-state index contributed by atoms with van der Waals surface area (Å²) in [7, 11) is 2.69. The van der Waals surface area contributed by atoms with Gasteiger partial charge in [0.2, 0.25) is 15.8 Å². The van der Waals surface area contributed by atoms with Gasteiger partial charge in [0.1, 0.15) is 5.75 Å². The van der Waals surface area contributed by atoms with Gasteiger partial charge >= 0.3 is 0 Å². The molecule has 0 spiro atoms. The molecule has 1 amide bonds. The highest BCUT2D eigenvalue weighted by Gasteiger charge is 2.20. The Kier molecular flexibility index (Phi) is 8.59. The van der Waals surface area contributed by atoms with Gasteiger partial charge in [-0.15, -0.1) is 0 Å². The molecule has 2 aromatic rings. The molecule has 176 valence electrons. The summed E-state index contributed by atoms with van der Waals surface area (Å²) in [6.45, 7) is 2.09. The molecule has 0 aliphatic rings. The number of rotatable bonds is 11. The van der Waals surface area contributed by atoms with Gasteiger partial charge in [0.05, 0.1) is 33.3 Å². The summed E-state index contributed by atoms with van der Waals surface area (Å²) in [6, 6.07) is 10.0. The molecule has 0 saturated carbocycles. The van der Waals surface area contributed by atoms with Gasteiger partial charge in [0.25, 0.3) is 5.91 Å². The van der Waals surface area contributed by atoms with Crippen LogP contribution in [0.5, 0.6) is 23.0 Å². The minimum Gasteiger partial charge on any atom is -0.493 e. The number of amides is 1. The lowest BCUT2D eigenvalue weighted by Crippen LogP contribution is -2.37. The Bertz CT molecular complexity index is 998. The number of carbonyl (C=O) groups is 1. The van der Waals surface area contributed by atoms with E-state index in [9.17, 15) is 13.2 Å². The molecule has 0 unspecified atom stereocenters. The van der Waals surface area contributed by atoms with Crippen LogP contribution in [0.2, 0.25) is 0 Å². The van der Waals surface area contributed by atoms with Crippen LogP contribution >= 0.6 is 0 Å². The first kappa shape index (κ1) is 25.1. The molecule has 0 fully saturated rings. The number of carbonyl (C=O) groups excluding carboxylic acids is 1. The van der Waals surface area contributed by atoms with Crippen molar-refractivity contribution < 1.29 is 32.2 Å². The van der Waals surface area contributed by atoms with Crippen LogP contribution in [0.3, 0.4) is 0 Å². The van der Waals surface area contributed by atoms with E-state index in [2.05, 4.69) is 5.32 Å². The van der Waals surface area contributed by atoms with Gasteiger partial charge in [0, 0.05) is 13.6 Å². The monoisotopic (exact) mass is 466 g/mol. The summed E-state index contributed by atoms with van der Waals surface area (Å²) in [5.41, 5.74) is 1.27. The summed E-state index contributed by atoms with van der Waals surface area (Å²) < 4.78 is 46.3. The molecule has 1 atom stereocenters. The third-order valence-electron chi connectivity index (χ3n) is 4.83. The number of nitrogens with zero attached hydrogens (tertiary/aromatic N) is 1. The van der Waals surface area contributed by atoms with Crippen LogP contribution in [0.25, 0.3) is 0 Å². The van der Waals surface area contributed by atoms with Gasteiger partial charge in [0.15, 0.2) is 17.6 Å². The van der Waals surface area contributed by atoms with E-state index in [1.165, 1.54) is 28.4 Å². The van der Waals surface area contributed by atoms with Crippen LogP contribution in [0.4, 0.5) is 5.69 Å². The molecule has 1 N–H and O–H groups in total. The quantitative estimate of drug-likeness (QED) is 0.543. The smallest absolute Gasteiger partial charge is 0.261 e. The zero-order valence-electron chi connectivity index (χ0n) is 19.2. The maximum Gasteiger partial charge on any atom is 0.261 e. The molecular weight excluding hydrogens is 436 g/mol. The Balaban J connectivity index is 2.06. The highest BCUT2D eigenvalue weighted by atomic mass is 32.2. The zero-order chi connectivity index (χ0) is 23.9. The number of nitrogens with one attached hydrogen (secondary N) is 1. The Morgan fingerprint density at radius 3 is 2.03 bits per heavy atom. The zero-order valence-corrected chi connectivity index (χ0v) is 20.0. The van der Waals surface area contributed by atoms with Crippen LogP contribution in [-0.4, -0.2) is 55.1 Å². The molecule has 10 heteroatoms. The Labute approximate surface area is 189 Å². The minimum absolute atomic E-state index is 0.244. The number of methoxy groups -OCH3 is 3. The van der Waals surface area contributed by atoms with E-state index in [-0.39, 0.29) is 12.5 Å². The Morgan fingerprint density at radius 2 is 1.59 bits per heavy atom. The fourth-order valence-electron chi connectivity index (χ4n) is 2.95. The summed E-state index contributed by atoms with van der Waals surface area (Å²) in [4.78, 5) is 12.7. The summed E-state index contributed by atoms with van der Waals surface area (Å²) >= 11 is 0. The third kappa shape index (κ3) is 6.19. The number of hydrogen-bond acceptors (Lipinski definition) is 7. The van der Waals surface area contributed by atoms with E-state index in [4.69, 9.17) is 18.9 Å². The normalized spacial score (nSPS) is 11.9. The van der Waals surface area contributed by atoms with Gasteiger partial charge in [-0.05, 0) is 48.4 Å². The average molecular weight is 467 g/mol. The van der Waals surface area contributed by atoms with Gasteiger partial charge < -0.3 is 24.3 Å². The van der Waals surface area contributed by atoms with Crippen molar-refractivity contribution in [2.75, 3.05) is 38.9 Å². The second-order valence-electron chi connectivity index (χ2n) is 6.99. The number of benzene rings is 2. The fourth-order valence-corrected chi connectivity index (χ4v) is 3.46. The van der Waals surface area contributed by atoms with Gasteiger partial charge in [-0.3, -0.25) is 9.10 Å². The molecule has 0 radical (unpaired) electrons. The van der Waals surface area contributed by atoms with Crippen LogP contribution in [0, 0.1) is 0 Å². The molecule has 0 saturated heterocycles. The topological polar surface area (TPSA) is 103 Å². The molecule has 0 bridgehead atoms. The predicted octanol–water partition coefficient (Wildman–Crippen LogP) is 2.58. The SMILES string of the molecule is CC[C@@H](Oc1ccc(N(C)S(C)(=O)=O)cc1)C(=O)NCc1cc(OC)c(OC)c(OC)c1. The summed E-state index contributed by atoms with van der Waals surface area (Å²) in [6.07, 6.45) is 0.866. The second kappa shape index (κ2) is 10.9.